The van der Waals surface area contributed by atoms with Crippen LogP contribution in [0.5, 0.6) is 0 Å². The van der Waals surface area contributed by atoms with Crippen LogP contribution < -0.4 is 16.9 Å². The fourth-order valence-corrected chi connectivity index (χ4v) is 0.810. The van der Waals surface area contributed by atoms with Gasteiger partial charge in [-0.2, -0.15) is 0 Å². The molecule has 0 atom stereocenters. The Kier molecular flexibility index (Phi) is 1.87. The lowest BCUT2D eigenvalue weighted by Crippen LogP contribution is -3.00. The molecule has 0 aliphatic carbocycles. The van der Waals surface area contributed by atoms with Gasteiger partial charge < -0.3 is 12.4 Å². The van der Waals surface area contributed by atoms with Crippen molar-refractivity contribution in [3.8, 4) is 0 Å². The standard InChI is InChI=1S/C6H5N3.ClH/c1-2-4-9-6(3-1)5-7-8-9;/h1-5H;1H. The molecule has 0 radical (unpaired) electrons. The molecule has 0 aromatic carbocycles. The Labute approximate surface area is 64.1 Å². The largest absolute Gasteiger partial charge is 1.00 e. The molecule has 2 heterocycles. The summed E-state index contributed by atoms with van der Waals surface area (Å²) in [5.41, 5.74) is 1.08. The summed E-state index contributed by atoms with van der Waals surface area (Å²) in [4.78, 5) is 0. The molecule has 4 heteroatoms. The first kappa shape index (κ1) is 7.02. The zero-order valence-electron chi connectivity index (χ0n) is 5.16. The van der Waals surface area contributed by atoms with Crippen molar-refractivity contribution < 1.29 is 16.9 Å². The normalized spacial score (nSPS) is 9.20. The van der Waals surface area contributed by atoms with Crippen LogP contribution in [-0.4, -0.2) is 10.3 Å². The molecule has 0 fully saturated rings. The predicted molar refractivity (Wildman–Crippen MR) is 31.7 cm³/mol. The number of pyridine rings is 1. The van der Waals surface area contributed by atoms with Crippen LogP contribution in [-0.2, 0) is 0 Å². The monoisotopic (exact) mass is 155 g/mol. The van der Waals surface area contributed by atoms with Crippen LogP contribution in [0.4, 0.5) is 0 Å². The van der Waals surface area contributed by atoms with Gasteiger partial charge in [0.2, 0.25) is 6.20 Å². The summed E-state index contributed by atoms with van der Waals surface area (Å²) in [6.45, 7) is 0. The highest BCUT2D eigenvalue weighted by Gasteiger charge is 1.95. The summed E-state index contributed by atoms with van der Waals surface area (Å²) >= 11 is 0. The van der Waals surface area contributed by atoms with Crippen LogP contribution in [0, 0.1) is 0 Å². The van der Waals surface area contributed by atoms with E-state index in [9.17, 15) is 0 Å². The third-order valence-corrected chi connectivity index (χ3v) is 1.25. The fourth-order valence-electron chi connectivity index (χ4n) is 0.810. The van der Waals surface area contributed by atoms with Crippen molar-refractivity contribution >= 4 is 5.52 Å². The summed E-state index contributed by atoms with van der Waals surface area (Å²) in [6.07, 6.45) is 3.70. The van der Waals surface area contributed by atoms with Crippen LogP contribution >= 0.6 is 0 Å². The molecular weight excluding hydrogens is 150 g/mol. The van der Waals surface area contributed by atoms with E-state index in [0.717, 1.165) is 5.52 Å². The van der Waals surface area contributed by atoms with E-state index in [0.29, 0.717) is 0 Å². The molecule has 2 rings (SSSR count). The Morgan fingerprint density at radius 2 is 2.30 bits per heavy atom. The molecule has 0 saturated carbocycles. The highest BCUT2D eigenvalue weighted by atomic mass is 35.5. The molecule has 0 amide bonds. The number of rotatable bonds is 0. The van der Waals surface area contributed by atoms with Gasteiger partial charge >= 0.3 is 0 Å². The lowest BCUT2D eigenvalue weighted by Gasteiger charge is -1.77. The summed E-state index contributed by atoms with van der Waals surface area (Å²) < 4.78 is 1.85. The van der Waals surface area contributed by atoms with Gasteiger partial charge in [-0.1, -0.05) is 11.3 Å². The summed E-state index contributed by atoms with van der Waals surface area (Å²) in [5.74, 6) is 0. The molecule has 2 aromatic rings. The number of fused-ring (bicyclic) bond motifs is 1. The molecule has 1 N–H and O–H groups in total. The van der Waals surface area contributed by atoms with E-state index in [1.54, 1.807) is 6.20 Å². The van der Waals surface area contributed by atoms with Gasteiger partial charge in [-0.25, -0.2) is 0 Å². The molecule has 0 saturated heterocycles. The Morgan fingerprint density at radius 1 is 1.40 bits per heavy atom. The number of aromatic amines is 1. The number of aromatic nitrogens is 3. The molecule has 52 valence electrons. The molecule has 3 nitrogen and oxygen atoms in total. The maximum Gasteiger partial charge on any atom is 0.214 e. The first-order chi connectivity index (χ1) is 4.47. The van der Waals surface area contributed by atoms with Crippen LogP contribution in [0.2, 0.25) is 0 Å². The van der Waals surface area contributed by atoms with E-state index in [-0.39, 0.29) is 12.4 Å². The van der Waals surface area contributed by atoms with Crippen molar-refractivity contribution in [1.29, 1.82) is 0 Å². The number of nitrogens with one attached hydrogen (secondary N) is 1. The summed E-state index contributed by atoms with van der Waals surface area (Å²) in [5, 5.41) is 6.63. The van der Waals surface area contributed by atoms with Crippen molar-refractivity contribution in [2.75, 3.05) is 0 Å². The highest BCUT2D eigenvalue weighted by Crippen LogP contribution is 1.87. The van der Waals surface area contributed by atoms with E-state index in [1.807, 2.05) is 28.9 Å². The van der Waals surface area contributed by atoms with Crippen molar-refractivity contribution in [1.82, 2.24) is 10.3 Å². The Bertz CT molecular complexity index is 287. The van der Waals surface area contributed by atoms with Crippen molar-refractivity contribution in [2.45, 2.75) is 0 Å². The number of hydrogen-bond donors (Lipinski definition) is 1. The van der Waals surface area contributed by atoms with E-state index < -0.39 is 0 Å². The van der Waals surface area contributed by atoms with Crippen LogP contribution in [0.15, 0.2) is 30.6 Å². The zero-order chi connectivity index (χ0) is 6.10. The Hall–Kier alpha value is -1.09. The first-order valence-corrected chi connectivity index (χ1v) is 2.76. The maximum atomic E-state index is 3.84. The highest BCUT2D eigenvalue weighted by molar-refractivity contribution is 5.33. The second kappa shape index (κ2) is 2.66. The average molecular weight is 156 g/mol. The van der Waals surface area contributed by atoms with Gasteiger partial charge in [0, 0.05) is 5.10 Å². The minimum atomic E-state index is 0. The molecular formula is C6H6ClN3. The third-order valence-electron chi connectivity index (χ3n) is 1.25. The van der Waals surface area contributed by atoms with Crippen LogP contribution in [0.1, 0.15) is 0 Å². The average Bonchev–Trinajstić information content (AvgIpc) is 2.33. The van der Waals surface area contributed by atoms with Gasteiger partial charge in [-0.3, -0.25) is 0 Å². The van der Waals surface area contributed by atoms with Gasteiger partial charge in [0.15, 0.2) is 5.52 Å². The van der Waals surface area contributed by atoms with E-state index in [1.165, 1.54) is 0 Å². The van der Waals surface area contributed by atoms with Crippen molar-refractivity contribution in [2.24, 2.45) is 0 Å². The minimum absolute atomic E-state index is 0. The topological polar surface area (TPSA) is 32.8 Å². The SMILES string of the molecule is [Cl-].c1cc[n+]2[nH]ncc2c1. The lowest BCUT2D eigenvalue weighted by molar-refractivity contribution is -0.581. The second-order valence-corrected chi connectivity index (χ2v) is 1.85. The molecule has 0 unspecified atom stereocenters. The van der Waals surface area contributed by atoms with Gasteiger partial charge in [-0.15, -0.1) is 4.52 Å². The molecule has 0 bridgehead atoms. The minimum Gasteiger partial charge on any atom is -1.00 e. The first-order valence-electron chi connectivity index (χ1n) is 2.76. The molecule has 2 aromatic heterocycles. The number of H-pyrrole nitrogens is 1. The Balaban J connectivity index is 0.000000500. The summed E-state index contributed by atoms with van der Waals surface area (Å²) in [6, 6.07) is 5.92. The van der Waals surface area contributed by atoms with Gasteiger partial charge in [0.1, 0.15) is 6.20 Å². The Morgan fingerprint density at radius 3 is 3.10 bits per heavy atom. The van der Waals surface area contributed by atoms with E-state index in [2.05, 4.69) is 10.3 Å². The van der Waals surface area contributed by atoms with E-state index in [4.69, 9.17) is 0 Å². The second-order valence-electron chi connectivity index (χ2n) is 1.85. The van der Waals surface area contributed by atoms with Crippen molar-refractivity contribution in [3.63, 3.8) is 0 Å². The van der Waals surface area contributed by atoms with Crippen LogP contribution in [0.25, 0.3) is 5.52 Å². The molecule has 0 aliphatic heterocycles. The summed E-state index contributed by atoms with van der Waals surface area (Å²) in [7, 11) is 0. The molecule has 0 spiro atoms. The zero-order valence-corrected chi connectivity index (χ0v) is 5.92. The van der Waals surface area contributed by atoms with Gasteiger partial charge in [0.25, 0.3) is 0 Å². The van der Waals surface area contributed by atoms with Gasteiger partial charge in [-0.05, 0) is 12.1 Å². The van der Waals surface area contributed by atoms with Crippen molar-refractivity contribution in [3.05, 3.63) is 30.6 Å². The predicted octanol–water partition coefficient (Wildman–Crippen LogP) is -2.85. The smallest absolute Gasteiger partial charge is 0.214 e. The number of nitrogens with zero attached hydrogens (tertiary/aromatic N) is 2. The quantitative estimate of drug-likeness (QED) is 0.409. The van der Waals surface area contributed by atoms with Crippen LogP contribution in [0.3, 0.4) is 0 Å². The van der Waals surface area contributed by atoms with E-state index >= 15 is 0 Å². The number of hydrogen-bond acceptors (Lipinski definition) is 1. The number of halogens is 1. The molecule has 0 aliphatic rings. The third kappa shape index (κ3) is 0.953. The van der Waals surface area contributed by atoms with Gasteiger partial charge in [0.05, 0.1) is 0 Å². The molecule has 10 heavy (non-hydrogen) atoms. The lowest BCUT2D eigenvalue weighted by atomic mass is 10.4. The fraction of sp³-hybridized carbons (Fsp3) is 0. The maximum absolute atomic E-state index is 3.84.